The van der Waals surface area contributed by atoms with Gasteiger partial charge < -0.3 is 10.1 Å². The van der Waals surface area contributed by atoms with Crippen LogP contribution in [0.25, 0.3) is 0 Å². The Morgan fingerprint density at radius 3 is 2.88 bits per heavy atom. The zero-order valence-electron chi connectivity index (χ0n) is 9.59. The largest absolute Gasteiger partial charge is 0.493 e. The number of hydrogen-bond donors (Lipinski definition) is 1. The van der Waals surface area contributed by atoms with Crippen molar-refractivity contribution in [1.82, 2.24) is 5.32 Å². The third kappa shape index (κ3) is 4.49. The van der Waals surface area contributed by atoms with E-state index in [0.717, 1.165) is 13.1 Å². The second-order valence-electron chi connectivity index (χ2n) is 3.80. The molecule has 1 aromatic carbocycles. The fraction of sp³-hybridized carbons (Fsp3) is 0.500. The molecule has 1 aromatic rings. The molecular formula is C12H17BrFNO. The molecule has 0 heterocycles. The third-order valence-electron chi connectivity index (χ3n) is 2.17. The minimum atomic E-state index is -0.295. The maximum Gasteiger partial charge on any atom is 0.141 e. The zero-order chi connectivity index (χ0) is 12.0. The lowest BCUT2D eigenvalue weighted by atomic mass is 10.2. The molecular weight excluding hydrogens is 273 g/mol. The van der Waals surface area contributed by atoms with Crippen molar-refractivity contribution in [2.75, 3.05) is 19.7 Å². The number of hydrogen-bond acceptors (Lipinski definition) is 2. The van der Waals surface area contributed by atoms with Gasteiger partial charge in [-0.25, -0.2) is 4.39 Å². The summed E-state index contributed by atoms with van der Waals surface area (Å²) in [7, 11) is 0. The summed E-state index contributed by atoms with van der Waals surface area (Å²) >= 11 is 3.10. The zero-order valence-corrected chi connectivity index (χ0v) is 11.2. The predicted molar refractivity (Wildman–Crippen MR) is 67.3 cm³/mol. The molecule has 0 aliphatic carbocycles. The van der Waals surface area contributed by atoms with Crippen molar-refractivity contribution in [2.45, 2.75) is 13.8 Å². The Hall–Kier alpha value is -0.610. The third-order valence-corrected chi connectivity index (χ3v) is 2.81. The molecule has 0 fully saturated rings. The van der Waals surface area contributed by atoms with Gasteiger partial charge in [0.15, 0.2) is 0 Å². The topological polar surface area (TPSA) is 21.3 Å². The van der Waals surface area contributed by atoms with Gasteiger partial charge in [0.05, 0.1) is 11.1 Å². The van der Waals surface area contributed by atoms with E-state index in [1.54, 1.807) is 12.1 Å². The summed E-state index contributed by atoms with van der Waals surface area (Å²) in [5.41, 5.74) is 0. The smallest absolute Gasteiger partial charge is 0.141 e. The van der Waals surface area contributed by atoms with E-state index in [-0.39, 0.29) is 5.82 Å². The van der Waals surface area contributed by atoms with Gasteiger partial charge in [-0.2, -0.15) is 0 Å². The molecule has 2 nitrogen and oxygen atoms in total. The first-order valence-corrected chi connectivity index (χ1v) is 6.21. The lowest BCUT2D eigenvalue weighted by molar-refractivity contribution is 0.255. The van der Waals surface area contributed by atoms with Gasteiger partial charge in [-0.15, -0.1) is 0 Å². The van der Waals surface area contributed by atoms with Gasteiger partial charge in [0.1, 0.15) is 11.6 Å². The van der Waals surface area contributed by atoms with Gasteiger partial charge in [-0.3, -0.25) is 0 Å². The molecule has 0 radical (unpaired) electrons. The molecule has 4 heteroatoms. The van der Waals surface area contributed by atoms with Crippen molar-refractivity contribution in [1.29, 1.82) is 0 Å². The van der Waals surface area contributed by atoms with Crippen LogP contribution in [0, 0.1) is 11.7 Å². The Labute approximate surface area is 104 Å². The van der Waals surface area contributed by atoms with Crippen molar-refractivity contribution in [3.63, 3.8) is 0 Å². The molecule has 1 atom stereocenters. The second kappa shape index (κ2) is 6.86. The second-order valence-corrected chi connectivity index (χ2v) is 4.65. The minimum Gasteiger partial charge on any atom is -0.493 e. The summed E-state index contributed by atoms with van der Waals surface area (Å²) in [6, 6.07) is 4.80. The van der Waals surface area contributed by atoms with Crippen LogP contribution in [0.15, 0.2) is 22.7 Å². The van der Waals surface area contributed by atoms with E-state index in [4.69, 9.17) is 4.74 Å². The molecule has 0 saturated heterocycles. The molecule has 0 saturated carbocycles. The van der Waals surface area contributed by atoms with Crippen molar-refractivity contribution in [3.05, 3.63) is 28.5 Å². The van der Waals surface area contributed by atoms with E-state index in [2.05, 4.69) is 35.1 Å². The Morgan fingerprint density at radius 2 is 2.25 bits per heavy atom. The summed E-state index contributed by atoms with van der Waals surface area (Å²) in [6.07, 6.45) is 0. The maximum atomic E-state index is 13.2. The Balaban J connectivity index is 2.39. The van der Waals surface area contributed by atoms with Crippen LogP contribution in [0.5, 0.6) is 5.75 Å². The predicted octanol–water partition coefficient (Wildman–Crippen LogP) is 3.21. The number of benzene rings is 1. The fourth-order valence-corrected chi connectivity index (χ4v) is 1.50. The highest BCUT2D eigenvalue weighted by Gasteiger charge is 2.04. The number of nitrogens with one attached hydrogen (secondary N) is 1. The van der Waals surface area contributed by atoms with Gasteiger partial charge in [-0.05, 0) is 34.6 Å². The molecule has 90 valence electrons. The lowest BCUT2D eigenvalue weighted by Gasteiger charge is -2.13. The summed E-state index contributed by atoms with van der Waals surface area (Å²) in [5, 5.41) is 3.24. The van der Waals surface area contributed by atoms with Crippen molar-refractivity contribution in [3.8, 4) is 5.75 Å². The number of ether oxygens (including phenoxy) is 1. The van der Waals surface area contributed by atoms with Crippen LogP contribution in [-0.4, -0.2) is 19.7 Å². The van der Waals surface area contributed by atoms with E-state index < -0.39 is 0 Å². The first kappa shape index (κ1) is 13.5. The Bertz CT molecular complexity index is 333. The van der Waals surface area contributed by atoms with Crippen LogP contribution in [-0.2, 0) is 0 Å². The molecule has 0 aliphatic rings. The minimum absolute atomic E-state index is 0.295. The molecule has 0 spiro atoms. The lowest BCUT2D eigenvalue weighted by Crippen LogP contribution is -2.24. The summed E-state index contributed by atoms with van der Waals surface area (Å²) in [5.74, 6) is 0.688. The molecule has 1 unspecified atom stereocenters. The highest BCUT2D eigenvalue weighted by Crippen LogP contribution is 2.21. The molecule has 0 aromatic heterocycles. The average Bonchev–Trinajstić information content (AvgIpc) is 2.28. The normalized spacial score (nSPS) is 12.5. The van der Waals surface area contributed by atoms with E-state index in [1.807, 2.05) is 0 Å². The molecule has 1 rings (SSSR count). The molecule has 0 amide bonds. The van der Waals surface area contributed by atoms with E-state index in [9.17, 15) is 4.39 Å². The highest BCUT2D eigenvalue weighted by atomic mass is 79.9. The summed E-state index contributed by atoms with van der Waals surface area (Å²) < 4.78 is 19.1. The van der Waals surface area contributed by atoms with Crippen molar-refractivity contribution >= 4 is 15.9 Å². The van der Waals surface area contributed by atoms with Crippen molar-refractivity contribution < 1.29 is 9.13 Å². The average molecular weight is 290 g/mol. The van der Waals surface area contributed by atoms with Gasteiger partial charge >= 0.3 is 0 Å². The quantitative estimate of drug-likeness (QED) is 0.868. The first-order chi connectivity index (χ1) is 7.63. The molecule has 0 bridgehead atoms. The first-order valence-electron chi connectivity index (χ1n) is 5.42. The summed E-state index contributed by atoms with van der Waals surface area (Å²) in [6.45, 7) is 6.62. The van der Waals surface area contributed by atoms with E-state index in [1.165, 1.54) is 6.07 Å². The molecule has 0 aliphatic heterocycles. The number of rotatable bonds is 6. The Kier molecular flexibility index (Phi) is 5.77. The highest BCUT2D eigenvalue weighted by molar-refractivity contribution is 9.10. The molecule has 16 heavy (non-hydrogen) atoms. The van der Waals surface area contributed by atoms with Gasteiger partial charge in [0, 0.05) is 18.5 Å². The van der Waals surface area contributed by atoms with Crippen LogP contribution in [0.2, 0.25) is 0 Å². The number of halogens is 2. The van der Waals surface area contributed by atoms with Crippen molar-refractivity contribution in [2.24, 2.45) is 5.92 Å². The Morgan fingerprint density at radius 1 is 1.50 bits per heavy atom. The maximum absolute atomic E-state index is 13.2. The van der Waals surface area contributed by atoms with Gasteiger partial charge in [0.25, 0.3) is 0 Å². The van der Waals surface area contributed by atoms with E-state index in [0.29, 0.717) is 22.7 Å². The monoisotopic (exact) mass is 289 g/mol. The van der Waals surface area contributed by atoms with Crippen LogP contribution in [0.3, 0.4) is 0 Å². The van der Waals surface area contributed by atoms with Gasteiger partial charge in [0.2, 0.25) is 0 Å². The molecule has 1 N–H and O–H groups in total. The summed E-state index contributed by atoms with van der Waals surface area (Å²) in [4.78, 5) is 0. The van der Waals surface area contributed by atoms with Gasteiger partial charge in [-0.1, -0.05) is 13.8 Å². The van der Waals surface area contributed by atoms with E-state index >= 15 is 0 Å². The van der Waals surface area contributed by atoms with Crippen LogP contribution >= 0.6 is 15.9 Å². The standard InChI is InChI=1S/C12H17BrFNO/c1-3-15-7-9(2)8-16-10-4-5-11(13)12(14)6-10/h4-6,9,15H,3,7-8H2,1-2H3. The van der Waals surface area contributed by atoms with Crippen LogP contribution in [0.4, 0.5) is 4.39 Å². The van der Waals surface area contributed by atoms with Crippen LogP contribution in [0.1, 0.15) is 13.8 Å². The van der Waals surface area contributed by atoms with Crippen LogP contribution < -0.4 is 10.1 Å². The fourth-order valence-electron chi connectivity index (χ4n) is 1.25. The SMILES string of the molecule is CCNCC(C)COc1ccc(Br)c(F)c1.